The van der Waals surface area contributed by atoms with Crippen molar-refractivity contribution in [3.05, 3.63) is 29.8 Å². The highest BCUT2D eigenvalue weighted by Gasteiger charge is 2.24. The van der Waals surface area contributed by atoms with Crippen LogP contribution in [0.5, 0.6) is 0 Å². The number of nitrogens with zero attached hydrogens (tertiary/aromatic N) is 1. The van der Waals surface area contributed by atoms with Crippen LogP contribution < -0.4 is 10.6 Å². The first-order valence-electron chi connectivity index (χ1n) is 7.21. The van der Waals surface area contributed by atoms with Gasteiger partial charge in [0.2, 0.25) is 0 Å². The average molecular weight is 246 g/mol. The minimum Gasteiger partial charge on any atom is -0.371 e. The SMILES string of the molecule is CC[C@H](N)c1ccccc1N1CC(C)CC(C)C1. The zero-order chi connectivity index (χ0) is 13.1. The van der Waals surface area contributed by atoms with Gasteiger partial charge in [0.15, 0.2) is 0 Å². The van der Waals surface area contributed by atoms with Crippen molar-refractivity contribution in [1.82, 2.24) is 0 Å². The Morgan fingerprint density at radius 3 is 2.44 bits per heavy atom. The van der Waals surface area contributed by atoms with E-state index in [9.17, 15) is 0 Å². The predicted molar refractivity (Wildman–Crippen MR) is 78.8 cm³/mol. The molecule has 0 amide bonds. The molecule has 1 aromatic rings. The summed E-state index contributed by atoms with van der Waals surface area (Å²) in [7, 11) is 0. The maximum absolute atomic E-state index is 6.24. The van der Waals surface area contributed by atoms with Gasteiger partial charge in [-0.1, -0.05) is 39.0 Å². The number of hydrogen-bond donors (Lipinski definition) is 1. The lowest BCUT2D eigenvalue weighted by molar-refractivity contribution is 0.356. The van der Waals surface area contributed by atoms with E-state index >= 15 is 0 Å². The molecule has 1 fully saturated rings. The molecule has 2 rings (SSSR count). The van der Waals surface area contributed by atoms with Gasteiger partial charge in [0.25, 0.3) is 0 Å². The van der Waals surface area contributed by atoms with Crippen LogP contribution in [-0.4, -0.2) is 13.1 Å². The minimum absolute atomic E-state index is 0.161. The average Bonchev–Trinajstić information content (AvgIpc) is 2.36. The smallest absolute Gasteiger partial charge is 0.0414 e. The summed E-state index contributed by atoms with van der Waals surface area (Å²) >= 11 is 0. The second kappa shape index (κ2) is 5.75. The Labute approximate surface area is 111 Å². The molecule has 2 heteroatoms. The highest BCUT2D eigenvalue weighted by atomic mass is 15.1. The van der Waals surface area contributed by atoms with Crippen molar-refractivity contribution in [2.24, 2.45) is 17.6 Å². The van der Waals surface area contributed by atoms with Gasteiger partial charge in [-0.3, -0.25) is 0 Å². The van der Waals surface area contributed by atoms with Crippen molar-refractivity contribution in [3.63, 3.8) is 0 Å². The van der Waals surface area contributed by atoms with Gasteiger partial charge < -0.3 is 10.6 Å². The lowest BCUT2D eigenvalue weighted by Crippen LogP contribution is -2.39. The zero-order valence-electron chi connectivity index (χ0n) is 11.9. The fourth-order valence-electron chi connectivity index (χ4n) is 3.17. The topological polar surface area (TPSA) is 29.3 Å². The predicted octanol–water partition coefficient (Wildman–Crippen LogP) is 3.58. The Morgan fingerprint density at radius 1 is 1.22 bits per heavy atom. The number of para-hydroxylation sites is 1. The maximum atomic E-state index is 6.24. The van der Waals surface area contributed by atoms with Crippen molar-refractivity contribution in [2.75, 3.05) is 18.0 Å². The second-order valence-corrected chi connectivity index (χ2v) is 5.92. The van der Waals surface area contributed by atoms with E-state index in [2.05, 4.69) is 49.9 Å². The van der Waals surface area contributed by atoms with Gasteiger partial charge in [0.1, 0.15) is 0 Å². The molecule has 0 spiro atoms. The van der Waals surface area contributed by atoms with Gasteiger partial charge in [-0.15, -0.1) is 0 Å². The first-order valence-corrected chi connectivity index (χ1v) is 7.21. The largest absolute Gasteiger partial charge is 0.371 e. The molecule has 1 saturated heterocycles. The number of nitrogens with two attached hydrogens (primary N) is 1. The van der Waals surface area contributed by atoms with E-state index in [1.807, 2.05) is 0 Å². The molecule has 1 aliphatic rings. The van der Waals surface area contributed by atoms with E-state index < -0.39 is 0 Å². The van der Waals surface area contributed by atoms with Crippen molar-refractivity contribution < 1.29 is 0 Å². The van der Waals surface area contributed by atoms with Crippen LogP contribution in [0.4, 0.5) is 5.69 Å². The van der Waals surface area contributed by atoms with Gasteiger partial charge in [0, 0.05) is 24.8 Å². The molecular weight excluding hydrogens is 220 g/mol. The van der Waals surface area contributed by atoms with Crippen molar-refractivity contribution in [2.45, 2.75) is 39.7 Å². The van der Waals surface area contributed by atoms with E-state index in [1.54, 1.807) is 0 Å². The highest BCUT2D eigenvalue weighted by Crippen LogP contribution is 2.31. The highest BCUT2D eigenvalue weighted by molar-refractivity contribution is 5.55. The zero-order valence-corrected chi connectivity index (χ0v) is 11.9. The van der Waals surface area contributed by atoms with E-state index in [-0.39, 0.29) is 6.04 Å². The number of hydrogen-bond acceptors (Lipinski definition) is 2. The molecule has 0 aliphatic carbocycles. The van der Waals surface area contributed by atoms with Gasteiger partial charge in [0.05, 0.1) is 0 Å². The van der Waals surface area contributed by atoms with Crippen LogP contribution in [0.3, 0.4) is 0 Å². The molecule has 3 atom stereocenters. The number of rotatable bonds is 3. The normalized spacial score (nSPS) is 26.1. The van der Waals surface area contributed by atoms with E-state index in [0.29, 0.717) is 0 Å². The van der Waals surface area contributed by atoms with Gasteiger partial charge in [-0.25, -0.2) is 0 Å². The lowest BCUT2D eigenvalue weighted by atomic mass is 9.90. The van der Waals surface area contributed by atoms with Gasteiger partial charge in [-0.2, -0.15) is 0 Å². The second-order valence-electron chi connectivity index (χ2n) is 5.92. The maximum Gasteiger partial charge on any atom is 0.0414 e. The molecule has 0 saturated carbocycles. The Balaban J connectivity index is 2.26. The van der Waals surface area contributed by atoms with Crippen LogP contribution in [0.25, 0.3) is 0 Å². The Hall–Kier alpha value is -1.02. The molecule has 2 nitrogen and oxygen atoms in total. The standard InChI is InChI=1S/C16H26N2/c1-4-15(17)14-7-5-6-8-16(14)18-10-12(2)9-13(3)11-18/h5-8,12-13,15H,4,9-11,17H2,1-3H3/t12?,13?,15-/m0/s1. The summed E-state index contributed by atoms with van der Waals surface area (Å²) in [5.41, 5.74) is 8.90. The number of piperidine rings is 1. The molecular formula is C16H26N2. The first kappa shape index (κ1) is 13.4. The number of anilines is 1. The quantitative estimate of drug-likeness (QED) is 0.883. The summed E-state index contributed by atoms with van der Waals surface area (Å²) in [6.07, 6.45) is 2.34. The Bertz CT molecular complexity index is 378. The van der Waals surface area contributed by atoms with Crippen LogP contribution in [0.2, 0.25) is 0 Å². The Kier molecular flexibility index (Phi) is 4.28. The fraction of sp³-hybridized carbons (Fsp3) is 0.625. The van der Waals surface area contributed by atoms with Gasteiger partial charge in [-0.05, 0) is 36.3 Å². The minimum atomic E-state index is 0.161. The molecule has 0 aromatic heterocycles. The molecule has 2 N–H and O–H groups in total. The molecule has 100 valence electrons. The monoisotopic (exact) mass is 246 g/mol. The third kappa shape index (κ3) is 2.86. The van der Waals surface area contributed by atoms with Crippen molar-refractivity contribution in [3.8, 4) is 0 Å². The Morgan fingerprint density at radius 2 is 1.83 bits per heavy atom. The lowest BCUT2D eigenvalue weighted by Gasteiger charge is -2.38. The van der Waals surface area contributed by atoms with Crippen molar-refractivity contribution in [1.29, 1.82) is 0 Å². The van der Waals surface area contributed by atoms with Crippen molar-refractivity contribution >= 4 is 5.69 Å². The summed E-state index contributed by atoms with van der Waals surface area (Å²) in [6.45, 7) is 9.19. The van der Waals surface area contributed by atoms with Crippen LogP contribution >= 0.6 is 0 Å². The molecule has 1 heterocycles. The molecule has 0 radical (unpaired) electrons. The van der Waals surface area contributed by atoms with Crippen LogP contribution in [0, 0.1) is 11.8 Å². The van der Waals surface area contributed by atoms with Crippen LogP contribution in [0.15, 0.2) is 24.3 Å². The molecule has 2 unspecified atom stereocenters. The van der Waals surface area contributed by atoms with E-state index in [0.717, 1.165) is 31.3 Å². The fourth-order valence-corrected chi connectivity index (χ4v) is 3.17. The van der Waals surface area contributed by atoms with E-state index in [1.165, 1.54) is 17.7 Å². The molecule has 1 aromatic carbocycles. The first-order chi connectivity index (χ1) is 8.61. The summed E-state index contributed by atoms with van der Waals surface area (Å²) < 4.78 is 0. The summed E-state index contributed by atoms with van der Waals surface area (Å²) in [5, 5.41) is 0. The summed E-state index contributed by atoms with van der Waals surface area (Å²) in [6, 6.07) is 8.81. The molecule has 0 bridgehead atoms. The molecule has 1 aliphatic heterocycles. The third-order valence-electron chi connectivity index (χ3n) is 3.99. The molecule has 18 heavy (non-hydrogen) atoms. The number of benzene rings is 1. The summed E-state index contributed by atoms with van der Waals surface area (Å²) in [4.78, 5) is 2.53. The third-order valence-corrected chi connectivity index (χ3v) is 3.99. The van der Waals surface area contributed by atoms with E-state index in [4.69, 9.17) is 5.73 Å². The summed E-state index contributed by atoms with van der Waals surface area (Å²) in [5.74, 6) is 1.55. The van der Waals surface area contributed by atoms with Crippen LogP contribution in [-0.2, 0) is 0 Å². The van der Waals surface area contributed by atoms with Crippen LogP contribution in [0.1, 0.15) is 45.2 Å². The van der Waals surface area contributed by atoms with Gasteiger partial charge >= 0.3 is 0 Å².